The third-order valence-corrected chi connectivity index (χ3v) is 7.97. The van der Waals surface area contributed by atoms with Crippen molar-refractivity contribution in [1.82, 2.24) is 10.3 Å². The molecule has 0 aliphatic rings. The minimum atomic E-state index is -4.55. The molecule has 28 heavy (non-hydrogen) atoms. The summed E-state index contributed by atoms with van der Waals surface area (Å²) in [5.74, 6) is -0.594. The SMILES string of the molecule is CC(C)S(=O)(=O)c1csc(C(=O)NCCc2ncc(C(F)(F)F)cc2Cl)c1Cl. The van der Waals surface area contributed by atoms with Gasteiger partial charge in [-0.1, -0.05) is 23.2 Å². The summed E-state index contributed by atoms with van der Waals surface area (Å²) in [5.41, 5.74) is -0.773. The summed E-state index contributed by atoms with van der Waals surface area (Å²) in [6.07, 6.45) is -3.79. The smallest absolute Gasteiger partial charge is 0.351 e. The summed E-state index contributed by atoms with van der Waals surface area (Å²) < 4.78 is 62.2. The third-order valence-electron chi connectivity index (χ3n) is 3.72. The van der Waals surface area contributed by atoms with E-state index in [0.29, 0.717) is 6.20 Å². The number of alkyl halides is 3. The Morgan fingerprint density at radius 1 is 1.32 bits per heavy atom. The second-order valence-corrected chi connectivity index (χ2v) is 10.1. The molecule has 2 aromatic rings. The number of thiophene rings is 1. The molecule has 1 amide bonds. The summed E-state index contributed by atoms with van der Waals surface area (Å²) >= 11 is 12.8. The molecule has 0 atom stereocenters. The number of nitrogens with one attached hydrogen (secondary N) is 1. The van der Waals surface area contributed by atoms with Gasteiger partial charge in [-0.25, -0.2) is 8.42 Å². The lowest BCUT2D eigenvalue weighted by Crippen LogP contribution is -2.25. The van der Waals surface area contributed by atoms with Gasteiger partial charge in [0.15, 0.2) is 9.84 Å². The Balaban J connectivity index is 2.05. The van der Waals surface area contributed by atoms with Crippen LogP contribution in [0.2, 0.25) is 10.0 Å². The van der Waals surface area contributed by atoms with Crippen LogP contribution in [0.5, 0.6) is 0 Å². The highest BCUT2D eigenvalue weighted by atomic mass is 35.5. The van der Waals surface area contributed by atoms with Gasteiger partial charge in [0.1, 0.15) is 4.88 Å². The van der Waals surface area contributed by atoms with Gasteiger partial charge in [0.2, 0.25) is 0 Å². The standard InChI is InChI=1S/C16H15Cl2F3N2O3S2/c1-8(2)28(25,26)12-7-27-14(13(12)18)15(24)22-4-3-11-10(17)5-9(6-23-11)16(19,20)21/h5-8H,3-4H2,1-2H3,(H,22,24). The van der Waals surface area contributed by atoms with Gasteiger partial charge in [0.25, 0.3) is 5.91 Å². The van der Waals surface area contributed by atoms with E-state index in [-0.39, 0.29) is 38.5 Å². The predicted octanol–water partition coefficient (Wildman–Crippen LogP) is 4.62. The highest BCUT2D eigenvalue weighted by Gasteiger charge is 2.31. The number of aromatic nitrogens is 1. The van der Waals surface area contributed by atoms with E-state index in [9.17, 15) is 26.4 Å². The summed E-state index contributed by atoms with van der Waals surface area (Å²) in [5, 5.41) is 2.83. The summed E-state index contributed by atoms with van der Waals surface area (Å²) in [6.45, 7) is 3.03. The Labute approximate surface area is 173 Å². The number of hydrogen-bond acceptors (Lipinski definition) is 5. The molecule has 0 radical (unpaired) electrons. The first-order chi connectivity index (χ1) is 12.9. The second-order valence-electron chi connectivity index (χ2n) is 5.99. The fraction of sp³-hybridized carbons (Fsp3) is 0.375. The molecule has 12 heteroatoms. The number of rotatable bonds is 6. The van der Waals surface area contributed by atoms with Crippen molar-refractivity contribution in [2.24, 2.45) is 0 Å². The maximum atomic E-state index is 12.6. The molecule has 0 bridgehead atoms. The third kappa shape index (κ3) is 4.97. The van der Waals surface area contributed by atoms with Gasteiger partial charge in [0, 0.05) is 24.5 Å². The van der Waals surface area contributed by atoms with Gasteiger partial charge in [-0.2, -0.15) is 13.2 Å². The maximum absolute atomic E-state index is 12.6. The molecule has 0 saturated carbocycles. The molecule has 0 aliphatic heterocycles. The summed E-state index contributed by atoms with van der Waals surface area (Å²) in [4.78, 5) is 15.9. The lowest BCUT2D eigenvalue weighted by Gasteiger charge is -2.10. The van der Waals surface area contributed by atoms with Crippen LogP contribution in [0.4, 0.5) is 13.2 Å². The normalized spacial score (nSPS) is 12.4. The molecule has 2 rings (SSSR count). The number of hydrogen-bond donors (Lipinski definition) is 1. The van der Waals surface area contributed by atoms with Crippen LogP contribution in [0, 0.1) is 0 Å². The molecular weight excluding hydrogens is 460 g/mol. The molecule has 0 fully saturated rings. The number of carbonyl (C=O) groups excluding carboxylic acids is 1. The zero-order valence-electron chi connectivity index (χ0n) is 14.6. The Morgan fingerprint density at radius 2 is 1.96 bits per heavy atom. The highest BCUT2D eigenvalue weighted by Crippen LogP contribution is 2.34. The van der Waals surface area contributed by atoms with Crippen LogP contribution in [0.1, 0.15) is 34.8 Å². The predicted molar refractivity (Wildman–Crippen MR) is 102 cm³/mol. The molecule has 154 valence electrons. The van der Waals surface area contributed by atoms with E-state index in [1.807, 2.05) is 0 Å². The number of pyridine rings is 1. The average molecular weight is 475 g/mol. The second kappa shape index (κ2) is 8.56. The van der Waals surface area contributed by atoms with Crippen molar-refractivity contribution in [3.05, 3.63) is 43.8 Å². The topological polar surface area (TPSA) is 76.1 Å². The van der Waals surface area contributed by atoms with Crippen molar-refractivity contribution in [3.63, 3.8) is 0 Å². The lowest BCUT2D eigenvalue weighted by atomic mass is 10.2. The lowest BCUT2D eigenvalue weighted by molar-refractivity contribution is -0.137. The van der Waals surface area contributed by atoms with Crippen LogP contribution in [0.25, 0.3) is 0 Å². The Bertz CT molecular complexity index is 990. The van der Waals surface area contributed by atoms with Crippen molar-refractivity contribution in [3.8, 4) is 0 Å². The Morgan fingerprint density at radius 3 is 2.50 bits per heavy atom. The number of carbonyl (C=O) groups is 1. The number of sulfone groups is 1. The minimum absolute atomic E-state index is 0.0252. The van der Waals surface area contributed by atoms with Crippen LogP contribution in [0.3, 0.4) is 0 Å². The molecule has 0 spiro atoms. The largest absolute Gasteiger partial charge is 0.417 e. The molecule has 2 heterocycles. The first-order valence-corrected chi connectivity index (χ1v) is 11.0. The van der Waals surface area contributed by atoms with Crippen LogP contribution in [-0.2, 0) is 22.4 Å². The summed E-state index contributed by atoms with van der Waals surface area (Å²) in [6, 6.07) is 0.769. The van der Waals surface area contributed by atoms with E-state index in [1.165, 1.54) is 19.2 Å². The highest BCUT2D eigenvalue weighted by molar-refractivity contribution is 7.92. The first kappa shape index (κ1) is 22.9. The van der Waals surface area contributed by atoms with E-state index >= 15 is 0 Å². The molecule has 5 nitrogen and oxygen atoms in total. The molecule has 0 aliphatic carbocycles. The van der Waals surface area contributed by atoms with Crippen LogP contribution < -0.4 is 5.32 Å². The minimum Gasteiger partial charge on any atom is -0.351 e. The van der Waals surface area contributed by atoms with Crippen LogP contribution >= 0.6 is 34.5 Å². The molecule has 0 aromatic carbocycles. The van der Waals surface area contributed by atoms with E-state index in [0.717, 1.165) is 17.4 Å². The fourth-order valence-electron chi connectivity index (χ4n) is 2.11. The van der Waals surface area contributed by atoms with Crippen molar-refractivity contribution in [1.29, 1.82) is 0 Å². The molecule has 1 N–H and O–H groups in total. The van der Waals surface area contributed by atoms with Crippen molar-refractivity contribution >= 4 is 50.3 Å². The Hall–Kier alpha value is -1.36. The van der Waals surface area contributed by atoms with Gasteiger partial charge >= 0.3 is 6.18 Å². The molecule has 2 aromatic heterocycles. The van der Waals surface area contributed by atoms with E-state index < -0.39 is 32.7 Å². The van der Waals surface area contributed by atoms with Crippen LogP contribution in [0.15, 0.2) is 22.5 Å². The van der Waals surface area contributed by atoms with Gasteiger partial charge in [0.05, 0.1) is 31.4 Å². The zero-order chi connectivity index (χ0) is 21.3. The molecule has 0 unspecified atom stereocenters. The van der Waals surface area contributed by atoms with Gasteiger partial charge in [-0.05, 0) is 19.9 Å². The number of amides is 1. The van der Waals surface area contributed by atoms with Gasteiger partial charge < -0.3 is 5.32 Å². The number of halogens is 5. The molecule has 0 saturated heterocycles. The van der Waals surface area contributed by atoms with Crippen molar-refractivity contribution in [2.75, 3.05) is 6.54 Å². The van der Waals surface area contributed by atoms with Gasteiger partial charge in [-0.3, -0.25) is 9.78 Å². The van der Waals surface area contributed by atoms with Crippen molar-refractivity contribution in [2.45, 2.75) is 36.6 Å². The quantitative estimate of drug-likeness (QED) is 0.662. The number of nitrogens with zero attached hydrogens (tertiary/aromatic N) is 1. The Kier molecular flexibility index (Phi) is 7.01. The fourth-order valence-corrected chi connectivity index (χ4v) is 5.37. The monoisotopic (exact) mass is 474 g/mol. The van der Waals surface area contributed by atoms with Gasteiger partial charge in [-0.15, -0.1) is 11.3 Å². The zero-order valence-corrected chi connectivity index (χ0v) is 17.7. The average Bonchev–Trinajstić information content (AvgIpc) is 2.97. The van der Waals surface area contributed by atoms with Crippen LogP contribution in [-0.4, -0.2) is 31.1 Å². The molecular formula is C16H15Cl2F3N2O3S2. The van der Waals surface area contributed by atoms with Crippen molar-refractivity contribution < 1.29 is 26.4 Å². The maximum Gasteiger partial charge on any atom is 0.417 e. The first-order valence-electron chi connectivity index (χ1n) is 7.86. The van der Waals surface area contributed by atoms with E-state index in [2.05, 4.69) is 10.3 Å². The van der Waals surface area contributed by atoms with E-state index in [4.69, 9.17) is 23.2 Å². The summed E-state index contributed by atoms with van der Waals surface area (Å²) in [7, 11) is -3.63. The van der Waals surface area contributed by atoms with E-state index in [1.54, 1.807) is 0 Å².